The summed E-state index contributed by atoms with van der Waals surface area (Å²) < 4.78 is 5.55. The molecular formula is C18H21ClN6O2. The van der Waals surface area contributed by atoms with Crippen LogP contribution >= 0.6 is 12.4 Å². The van der Waals surface area contributed by atoms with E-state index < -0.39 is 0 Å². The van der Waals surface area contributed by atoms with E-state index in [4.69, 9.17) is 10.00 Å². The van der Waals surface area contributed by atoms with Crippen molar-refractivity contribution in [1.29, 1.82) is 5.26 Å². The van der Waals surface area contributed by atoms with Gasteiger partial charge in [-0.1, -0.05) is 6.92 Å². The van der Waals surface area contributed by atoms with Gasteiger partial charge in [-0.2, -0.15) is 10.2 Å². The minimum atomic E-state index is -0.220. The Hall–Kier alpha value is -2.92. The number of ether oxygens (including phenoxy) is 1. The Bertz CT molecular complexity index is 817. The number of anilines is 1. The number of aromatic nitrogens is 3. The van der Waals surface area contributed by atoms with Crippen molar-refractivity contribution in [3.8, 4) is 11.9 Å². The second-order valence-corrected chi connectivity index (χ2v) is 5.83. The van der Waals surface area contributed by atoms with Crippen LogP contribution in [-0.4, -0.2) is 58.5 Å². The normalized spacial score (nSPS) is 13.5. The van der Waals surface area contributed by atoms with E-state index in [0.29, 0.717) is 50.2 Å². The third-order valence-electron chi connectivity index (χ3n) is 4.05. The van der Waals surface area contributed by atoms with Gasteiger partial charge in [0.25, 0.3) is 5.91 Å². The van der Waals surface area contributed by atoms with Crippen molar-refractivity contribution in [2.24, 2.45) is 0 Å². The molecule has 8 nitrogen and oxygen atoms in total. The molecule has 0 aliphatic carbocycles. The maximum absolute atomic E-state index is 12.6. The first-order valence-electron chi connectivity index (χ1n) is 8.58. The van der Waals surface area contributed by atoms with Gasteiger partial charge in [-0.15, -0.1) is 12.4 Å². The van der Waals surface area contributed by atoms with Crippen molar-refractivity contribution in [2.45, 2.75) is 13.3 Å². The molecule has 1 saturated heterocycles. The molecule has 142 valence electrons. The third-order valence-corrected chi connectivity index (χ3v) is 4.05. The maximum Gasteiger partial charge on any atom is 0.273 e. The van der Waals surface area contributed by atoms with E-state index in [1.165, 1.54) is 6.20 Å². The van der Waals surface area contributed by atoms with Gasteiger partial charge in [0.2, 0.25) is 11.8 Å². The second kappa shape index (κ2) is 9.69. The van der Waals surface area contributed by atoms with Crippen LogP contribution in [0.5, 0.6) is 5.88 Å². The third kappa shape index (κ3) is 4.83. The minimum Gasteiger partial charge on any atom is -0.478 e. The summed E-state index contributed by atoms with van der Waals surface area (Å²) in [7, 11) is 0. The van der Waals surface area contributed by atoms with E-state index in [9.17, 15) is 4.79 Å². The van der Waals surface area contributed by atoms with Gasteiger partial charge < -0.3 is 14.5 Å². The molecule has 2 aromatic rings. The van der Waals surface area contributed by atoms with Crippen LogP contribution in [-0.2, 0) is 0 Å². The number of pyridine rings is 1. The molecule has 0 aromatic carbocycles. The van der Waals surface area contributed by atoms with Crippen LogP contribution in [0.1, 0.15) is 29.4 Å². The number of nitriles is 1. The van der Waals surface area contributed by atoms with Crippen molar-refractivity contribution in [3.63, 3.8) is 0 Å². The Kier molecular flexibility index (Phi) is 7.32. The van der Waals surface area contributed by atoms with Gasteiger partial charge >= 0.3 is 0 Å². The zero-order chi connectivity index (χ0) is 18.4. The fourth-order valence-corrected chi connectivity index (χ4v) is 2.70. The molecule has 1 aliphatic rings. The van der Waals surface area contributed by atoms with Gasteiger partial charge in [0.1, 0.15) is 11.8 Å². The summed E-state index contributed by atoms with van der Waals surface area (Å²) in [5.41, 5.74) is 0.499. The summed E-state index contributed by atoms with van der Waals surface area (Å²) >= 11 is 0. The highest BCUT2D eigenvalue weighted by Crippen LogP contribution is 2.16. The number of piperazine rings is 1. The minimum absolute atomic E-state index is 0. The van der Waals surface area contributed by atoms with Crippen molar-refractivity contribution < 1.29 is 9.53 Å². The fourth-order valence-electron chi connectivity index (χ4n) is 2.70. The smallest absolute Gasteiger partial charge is 0.273 e. The van der Waals surface area contributed by atoms with E-state index in [1.54, 1.807) is 29.3 Å². The lowest BCUT2D eigenvalue weighted by molar-refractivity contribution is 0.0740. The summed E-state index contributed by atoms with van der Waals surface area (Å²) in [4.78, 5) is 29.2. The van der Waals surface area contributed by atoms with Crippen molar-refractivity contribution in [1.82, 2.24) is 19.9 Å². The number of hydrogen-bond acceptors (Lipinski definition) is 7. The number of rotatable bonds is 5. The fraction of sp³-hybridized carbons (Fsp3) is 0.389. The Morgan fingerprint density at radius 3 is 2.70 bits per heavy atom. The lowest BCUT2D eigenvalue weighted by atomic mass is 10.2. The SMILES string of the molecule is CCCOc1ccnc(N2CCN(C(=O)c3ncccc3C#N)CC2)n1.Cl. The standard InChI is InChI=1S/C18H20N6O2.ClH/c1-2-12-26-15-5-7-21-18(22-15)24-10-8-23(9-11-24)17(25)16-14(13-19)4-3-6-20-16;/h3-7H,2,8-12H2,1H3;1H. The predicted molar refractivity (Wildman–Crippen MR) is 102 cm³/mol. The first-order chi connectivity index (χ1) is 12.7. The first-order valence-corrected chi connectivity index (χ1v) is 8.58. The van der Waals surface area contributed by atoms with Gasteiger partial charge in [-0.25, -0.2) is 9.97 Å². The number of carbonyl (C=O) groups is 1. The highest BCUT2D eigenvalue weighted by Gasteiger charge is 2.25. The van der Waals surface area contributed by atoms with Crippen LogP contribution in [0.4, 0.5) is 5.95 Å². The topological polar surface area (TPSA) is 95.2 Å². The monoisotopic (exact) mass is 388 g/mol. The molecule has 1 amide bonds. The van der Waals surface area contributed by atoms with E-state index in [-0.39, 0.29) is 24.0 Å². The van der Waals surface area contributed by atoms with Crippen LogP contribution in [0.25, 0.3) is 0 Å². The van der Waals surface area contributed by atoms with Gasteiger partial charge in [-0.3, -0.25) is 4.79 Å². The van der Waals surface area contributed by atoms with Crippen LogP contribution in [0, 0.1) is 11.3 Å². The van der Waals surface area contributed by atoms with Crippen LogP contribution in [0.15, 0.2) is 30.6 Å². The Labute approximate surface area is 164 Å². The van der Waals surface area contributed by atoms with E-state index in [2.05, 4.69) is 15.0 Å². The number of nitrogens with zero attached hydrogens (tertiary/aromatic N) is 6. The van der Waals surface area contributed by atoms with Crippen molar-refractivity contribution >= 4 is 24.3 Å². The highest BCUT2D eigenvalue weighted by molar-refractivity contribution is 5.94. The summed E-state index contributed by atoms with van der Waals surface area (Å²) in [6, 6.07) is 7.01. The molecule has 0 spiro atoms. The molecule has 0 radical (unpaired) electrons. The summed E-state index contributed by atoms with van der Waals surface area (Å²) in [5, 5.41) is 9.15. The van der Waals surface area contributed by atoms with Crippen LogP contribution in [0.2, 0.25) is 0 Å². The Morgan fingerprint density at radius 2 is 2.00 bits per heavy atom. The molecular weight excluding hydrogens is 368 g/mol. The lowest BCUT2D eigenvalue weighted by Gasteiger charge is -2.34. The Balaban J connectivity index is 0.00000261. The van der Waals surface area contributed by atoms with Crippen molar-refractivity contribution in [2.75, 3.05) is 37.7 Å². The lowest BCUT2D eigenvalue weighted by Crippen LogP contribution is -2.49. The average Bonchev–Trinajstić information content (AvgIpc) is 2.72. The number of halogens is 1. The first kappa shape index (κ1) is 20.4. The predicted octanol–water partition coefficient (Wildman–Crippen LogP) is 1.92. The van der Waals surface area contributed by atoms with Gasteiger partial charge in [0.15, 0.2) is 0 Å². The molecule has 27 heavy (non-hydrogen) atoms. The largest absolute Gasteiger partial charge is 0.478 e. The van der Waals surface area contributed by atoms with Gasteiger partial charge in [0.05, 0.1) is 12.2 Å². The molecule has 2 aromatic heterocycles. The summed E-state index contributed by atoms with van der Waals surface area (Å²) in [6.45, 7) is 4.91. The molecule has 1 aliphatic heterocycles. The zero-order valence-electron chi connectivity index (χ0n) is 15.0. The molecule has 3 heterocycles. The number of amides is 1. The molecule has 0 saturated carbocycles. The van der Waals surface area contributed by atoms with E-state index in [1.807, 2.05) is 17.9 Å². The average molecular weight is 389 g/mol. The molecule has 9 heteroatoms. The quantitative estimate of drug-likeness (QED) is 0.771. The van der Waals surface area contributed by atoms with E-state index in [0.717, 1.165) is 6.42 Å². The zero-order valence-corrected chi connectivity index (χ0v) is 15.9. The Morgan fingerprint density at radius 1 is 1.22 bits per heavy atom. The molecule has 0 atom stereocenters. The summed E-state index contributed by atoms with van der Waals surface area (Å²) in [6.07, 6.45) is 4.12. The van der Waals surface area contributed by atoms with E-state index >= 15 is 0 Å². The molecule has 3 rings (SSSR count). The molecule has 0 N–H and O–H groups in total. The van der Waals surface area contributed by atoms with Gasteiger partial charge in [-0.05, 0) is 18.6 Å². The highest BCUT2D eigenvalue weighted by atomic mass is 35.5. The maximum atomic E-state index is 12.6. The number of carbonyl (C=O) groups excluding carboxylic acids is 1. The second-order valence-electron chi connectivity index (χ2n) is 5.83. The molecule has 1 fully saturated rings. The molecule has 0 unspecified atom stereocenters. The van der Waals surface area contributed by atoms with Crippen LogP contribution in [0.3, 0.4) is 0 Å². The molecule has 0 bridgehead atoms. The van der Waals surface area contributed by atoms with Crippen LogP contribution < -0.4 is 9.64 Å². The van der Waals surface area contributed by atoms with Gasteiger partial charge in [0, 0.05) is 44.6 Å². The number of hydrogen-bond donors (Lipinski definition) is 0. The van der Waals surface area contributed by atoms with Crippen molar-refractivity contribution in [3.05, 3.63) is 41.9 Å². The summed E-state index contributed by atoms with van der Waals surface area (Å²) in [5.74, 6) is 0.937.